The van der Waals surface area contributed by atoms with Crippen LogP contribution < -0.4 is 4.74 Å². The summed E-state index contributed by atoms with van der Waals surface area (Å²) in [6.07, 6.45) is -3.98. The van der Waals surface area contributed by atoms with Gasteiger partial charge in [-0.15, -0.1) is 0 Å². The SMILES string of the molecule is COc1cc(C=O)c(-c2cccc(C(F)(F)F)c2)cc1O. The monoisotopic (exact) mass is 296 g/mol. The highest BCUT2D eigenvalue weighted by Gasteiger charge is 2.30. The second-order valence-electron chi connectivity index (χ2n) is 4.31. The third-order valence-electron chi connectivity index (χ3n) is 2.98. The Morgan fingerprint density at radius 2 is 1.90 bits per heavy atom. The van der Waals surface area contributed by atoms with Crippen LogP contribution >= 0.6 is 0 Å². The minimum Gasteiger partial charge on any atom is -0.504 e. The van der Waals surface area contributed by atoms with Gasteiger partial charge in [-0.05, 0) is 35.4 Å². The van der Waals surface area contributed by atoms with Gasteiger partial charge >= 0.3 is 6.18 Å². The summed E-state index contributed by atoms with van der Waals surface area (Å²) in [5, 5.41) is 9.74. The second-order valence-corrected chi connectivity index (χ2v) is 4.31. The number of carbonyl (C=O) groups is 1. The molecule has 0 saturated heterocycles. The maximum Gasteiger partial charge on any atom is 0.416 e. The molecular weight excluding hydrogens is 285 g/mol. The number of rotatable bonds is 3. The van der Waals surface area contributed by atoms with Crippen molar-refractivity contribution in [3.8, 4) is 22.6 Å². The summed E-state index contributed by atoms with van der Waals surface area (Å²) in [4.78, 5) is 11.1. The largest absolute Gasteiger partial charge is 0.504 e. The molecule has 0 fully saturated rings. The number of aldehydes is 1. The van der Waals surface area contributed by atoms with Gasteiger partial charge < -0.3 is 9.84 Å². The first-order chi connectivity index (χ1) is 9.86. The van der Waals surface area contributed by atoms with Gasteiger partial charge in [-0.3, -0.25) is 4.79 Å². The van der Waals surface area contributed by atoms with Gasteiger partial charge in [-0.25, -0.2) is 0 Å². The van der Waals surface area contributed by atoms with Crippen molar-refractivity contribution >= 4 is 6.29 Å². The number of methoxy groups -OCH3 is 1. The molecule has 2 rings (SSSR count). The molecule has 0 aromatic heterocycles. The van der Waals surface area contributed by atoms with Gasteiger partial charge in [0, 0.05) is 5.56 Å². The Balaban J connectivity index is 2.61. The van der Waals surface area contributed by atoms with E-state index in [1.165, 1.54) is 31.4 Å². The highest BCUT2D eigenvalue weighted by atomic mass is 19.4. The molecule has 0 unspecified atom stereocenters. The third kappa shape index (κ3) is 2.99. The van der Waals surface area contributed by atoms with Crippen LogP contribution in [0.5, 0.6) is 11.5 Å². The highest BCUT2D eigenvalue weighted by molar-refractivity contribution is 5.89. The summed E-state index contributed by atoms with van der Waals surface area (Å²) in [6.45, 7) is 0. The number of phenols is 1. The Kier molecular flexibility index (Phi) is 3.88. The molecule has 0 radical (unpaired) electrons. The lowest BCUT2D eigenvalue weighted by atomic mass is 9.98. The van der Waals surface area contributed by atoms with Gasteiger partial charge in [0.25, 0.3) is 0 Å². The molecule has 2 aromatic carbocycles. The molecule has 6 heteroatoms. The van der Waals surface area contributed by atoms with E-state index in [0.717, 1.165) is 12.1 Å². The van der Waals surface area contributed by atoms with Gasteiger partial charge in [0.2, 0.25) is 0 Å². The molecule has 0 aliphatic carbocycles. The average Bonchev–Trinajstić information content (AvgIpc) is 2.46. The van der Waals surface area contributed by atoms with Crippen molar-refractivity contribution in [1.82, 2.24) is 0 Å². The number of benzene rings is 2. The molecule has 2 aromatic rings. The van der Waals surface area contributed by atoms with E-state index in [1.54, 1.807) is 0 Å². The van der Waals surface area contributed by atoms with Crippen molar-refractivity contribution in [2.75, 3.05) is 7.11 Å². The molecule has 21 heavy (non-hydrogen) atoms. The number of aromatic hydroxyl groups is 1. The van der Waals surface area contributed by atoms with Gasteiger partial charge in [0.15, 0.2) is 17.8 Å². The number of phenolic OH excluding ortho intramolecular Hbond substituents is 1. The van der Waals surface area contributed by atoms with E-state index < -0.39 is 11.7 Å². The fourth-order valence-corrected chi connectivity index (χ4v) is 1.96. The zero-order valence-corrected chi connectivity index (χ0v) is 10.9. The van der Waals surface area contributed by atoms with Gasteiger partial charge in [-0.2, -0.15) is 13.2 Å². The summed E-state index contributed by atoms with van der Waals surface area (Å²) in [6, 6.07) is 7.02. The highest BCUT2D eigenvalue weighted by Crippen LogP contribution is 2.37. The average molecular weight is 296 g/mol. The van der Waals surface area contributed by atoms with Crippen LogP contribution in [0.1, 0.15) is 15.9 Å². The number of ether oxygens (including phenoxy) is 1. The second kappa shape index (κ2) is 5.47. The molecule has 0 atom stereocenters. The van der Waals surface area contributed by atoms with E-state index >= 15 is 0 Å². The number of carbonyl (C=O) groups excluding carboxylic acids is 1. The normalized spacial score (nSPS) is 11.2. The first kappa shape index (κ1) is 14.9. The van der Waals surface area contributed by atoms with E-state index in [4.69, 9.17) is 4.74 Å². The van der Waals surface area contributed by atoms with Gasteiger partial charge in [0.05, 0.1) is 12.7 Å². The molecule has 1 N–H and O–H groups in total. The molecule has 3 nitrogen and oxygen atoms in total. The van der Waals surface area contributed by atoms with E-state index in [9.17, 15) is 23.1 Å². The standard InChI is InChI=1S/C15H11F3O3/c1-21-14-6-10(8-19)12(7-13(14)20)9-3-2-4-11(5-9)15(16,17)18/h2-8,20H,1H3. The van der Waals surface area contributed by atoms with Crippen molar-refractivity contribution in [1.29, 1.82) is 0 Å². The Hall–Kier alpha value is -2.50. The van der Waals surface area contributed by atoms with E-state index in [0.29, 0.717) is 6.29 Å². The fraction of sp³-hybridized carbons (Fsp3) is 0.133. The minimum atomic E-state index is -4.48. The van der Waals surface area contributed by atoms with Gasteiger partial charge in [-0.1, -0.05) is 12.1 Å². The van der Waals surface area contributed by atoms with Crippen LogP contribution in [0, 0.1) is 0 Å². The van der Waals surface area contributed by atoms with Crippen molar-refractivity contribution < 1.29 is 27.8 Å². The molecule has 110 valence electrons. The molecular formula is C15H11F3O3. The Labute approximate surface area is 118 Å². The number of hydrogen-bond donors (Lipinski definition) is 1. The van der Waals surface area contributed by atoms with Crippen LogP contribution in [0.25, 0.3) is 11.1 Å². The van der Waals surface area contributed by atoms with Crippen molar-refractivity contribution in [3.63, 3.8) is 0 Å². The molecule has 0 saturated carbocycles. The van der Waals surface area contributed by atoms with Crippen LogP contribution in [-0.2, 0) is 6.18 Å². The molecule has 0 spiro atoms. The summed E-state index contributed by atoms with van der Waals surface area (Å²) < 4.78 is 43.0. The van der Waals surface area contributed by atoms with Crippen LogP contribution in [0.15, 0.2) is 36.4 Å². The minimum absolute atomic E-state index is 0.0767. The summed E-state index contributed by atoms with van der Waals surface area (Å²) >= 11 is 0. The first-order valence-electron chi connectivity index (χ1n) is 5.90. The Bertz CT molecular complexity index is 678. The number of halogens is 3. The molecule has 0 bridgehead atoms. The quantitative estimate of drug-likeness (QED) is 0.874. The van der Waals surface area contributed by atoms with Crippen LogP contribution in [0.2, 0.25) is 0 Å². The Morgan fingerprint density at radius 1 is 1.19 bits per heavy atom. The molecule has 0 aliphatic rings. The van der Waals surface area contributed by atoms with Crippen molar-refractivity contribution in [2.45, 2.75) is 6.18 Å². The molecule has 0 amide bonds. The first-order valence-corrected chi connectivity index (χ1v) is 5.90. The predicted octanol–water partition coefficient (Wildman–Crippen LogP) is 3.90. The lowest BCUT2D eigenvalue weighted by Gasteiger charge is -2.12. The van der Waals surface area contributed by atoms with Crippen LogP contribution in [0.4, 0.5) is 13.2 Å². The van der Waals surface area contributed by atoms with Gasteiger partial charge in [0.1, 0.15) is 0 Å². The lowest BCUT2D eigenvalue weighted by Crippen LogP contribution is -2.04. The predicted molar refractivity (Wildman–Crippen MR) is 70.5 cm³/mol. The van der Waals surface area contributed by atoms with E-state index in [-0.39, 0.29) is 28.2 Å². The smallest absolute Gasteiger partial charge is 0.416 e. The summed E-state index contributed by atoms with van der Waals surface area (Å²) in [7, 11) is 1.31. The maximum absolute atomic E-state index is 12.7. The van der Waals surface area contributed by atoms with E-state index in [1.807, 2.05) is 0 Å². The zero-order chi connectivity index (χ0) is 15.6. The lowest BCUT2D eigenvalue weighted by molar-refractivity contribution is -0.137. The van der Waals surface area contributed by atoms with Crippen LogP contribution in [0.3, 0.4) is 0 Å². The third-order valence-corrected chi connectivity index (χ3v) is 2.98. The maximum atomic E-state index is 12.7. The summed E-state index contributed by atoms with van der Waals surface area (Å²) in [5.74, 6) is -0.177. The number of alkyl halides is 3. The van der Waals surface area contributed by atoms with Crippen LogP contribution in [-0.4, -0.2) is 18.5 Å². The van der Waals surface area contributed by atoms with E-state index in [2.05, 4.69) is 0 Å². The topological polar surface area (TPSA) is 46.5 Å². The van der Waals surface area contributed by atoms with Crippen molar-refractivity contribution in [2.24, 2.45) is 0 Å². The fourth-order valence-electron chi connectivity index (χ4n) is 1.96. The summed E-state index contributed by atoms with van der Waals surface area (Å²) in [5.41, 5.74) is -0.310. The zero-order valence-electron chi connectivity index (χ0n) is 10.9. The molecule has 0 aliphatic heterocycles. The molecule has 0 heterocycles. The Morgan fingerprint density at radius 3 is 2.48 bits per heavy atom. The van der Waals surface area contributed by atoms with Crippen molar-refractivity contribution in [3.05, 3.63) is 47.5 Å². The number of hydrogen-bond acceptors (Lipinski definition) is 3.